The molecule has 2 heterocycles. The molecule has 0 amide bonds. The van der Waals surface area contributed by atoms with Crippen molar-refractivity contribution in [2.45, 2.75) is 6.18 Å². The Morgan fingerprint density at radius 3 is 2.41 bits per heavy atom. The van der Waals surface area contributed by atoms with Crippen molar-refractivity contribution >= 4 is 5.65 Å². The number of hydrogen-bond acceptors (Lipinski definition) is 5. The standard InChI is InChI=1S/C13H6F3N5O/c14-13(15,16)12-19-18-10-5-6-11(20-21(10)12)22-9-3-1-8(7-17)2-4-9/h1-6H. The maximum Gasteiger partial charge on any atom is 0.453 e. The van der Waals surface area contributed by atoms with Crippen LogP contribution in [0.5, 0.6) is 11.6 Å². The van der Waals surface area contributed by atoms with Gasteiger partial charge in [0.1, 0.15) is 5.75 Å². The summed E-state index contributed by atoms with van der Waals surface area (Å²) in [5, 5.41) is 18.9. The SMILES string of the molecule is N#Cc1ccc(Oc2ccc3nnc(C(F)(F)F)n3n2)cc1. The summed E-state index contributed by atoms with van der Waals surface area (Å²) in [4.78, 5) is 0. The number of hydrogen-bond donors (Lipinski definition) is 0. The van der Waals surface area contributed by atoms with Crippen LogP contribution in [0, 0.1) is 11.3 Å². The van der Waals surface area contributed by atoms with Gasteiger partial charge in [0.05, 0.1) is 11.6 Å². The van der Waals surface area contributed by atoms with Crippen molar-refractivity contribution in [1.82, 2.24) is 19.8 Å². The number of aromatic nitrogens is 4. The van der Waals surface area contributed by atoms with E-state index in [2.05, 4.69) is 15.3 Å². The topological polar surface area (TPSA) is 76.1 Å². The van der Waals surface area contributed by atoms with Crippen LogP contribution in [0.25, 0.3) is 5.65 Å². The maximum atomic E-state index is 12.8. The monoisotopic (exact) mass is 305 g/mol. The third-order valence-corrected chi connectivity index (χ3v) is 2.70. The lowest BCUT2D eigenvalue weighted by atomic mass is 10.2. The highest BCUT2D eigenvalue weighted by atomic mass is 19.4. The average molecular weight is 305 g/mol. The van der Waals surface area contributed by atoms with E-state index in [1.807, 2.05) is 6.07 Å². The molecule has 0 fully saturated rings. The molecular weight excluding hydrogens is 299 g/mol. The molecule has 0 saturated heterocycles. The molecule has 0 unspecified atom stereocenters. The number of fused-ring (bicyclic) bond motifs is 1. The van der Waals surface area contributed by atoms with Crippen LogP contribution < -0.4 is 4.74 Å². The Morgan fingerprint density at radius 2 is 1.77 bits per heavy atom. The molecule has 9 heteroatoms. The van der Waals surface area contributed by atoms with Crippen LogP contribution in [0.2, 0.25) is 0 Å². The number of halogens is 3. The number of rotatable bonds is 2. The summed E-state index contributed by atoms with van der Waals surface area (Å²) in [6, 6.07) is 10.7. The van der Waals surface area contributed by atoms with Crippen molar-refractivity contribution in [1.29, 1.82) is 5.26 Å². The second-order valence-corrected chi connectivity index (χ2v) is 4.20. The minimum Gasteiger partial charge on any atom is -0.438 e. The van der Waals surface area contributed by atoms with E-state index < -0.39 is 12.0 Å². The lowest BCUT2D eigenvalue weighted by Crippen LogP contribution is -2.12. The zero-order chi connectivity index (χ0) is 15.7. The second-order valence-electron chi connectivity index (χ2n) is 4.20. The highest BCUT2D eigenvalue weighted by molar-refractivity contribution is 5.40. The highest BCUT2D eigenvalue weighted by Crippen LogP contribution is 2.28. The molecule has 0 bridgehead atoms. The zero-order valence-electron chi connectivity index (χ0n) is 10.7. The molecule has 110 valence electrons. The molecule has 0 atom stereocenters. The van der Waals surface area contributed by atoms with Crippen molar-refractivity contribution in [3.05, 3.63) is 47.8 Å². The molecule has 0 spiro atoms. The summed E-state index contributed by atoms with van der Waals surface area (Å²) >= 11 is 0. The molecule has 0 aliphatic rings. The molecule has 0 aliphatic carbocycles. The summed E-state index contributed by atoms with van der Waals surface area (Å²) < 4.78 is 44.2. The van der Waals surface area contributed by atoms with Crippen LogP contribution in [0.4, 0.5) is 13.2 Å². The molecule has 1 aromatic carbocycles. The summed E-state index contributed by atoms with van der Waals surface area (Å²) in [6.45, 7) is 0. The van der Waals surface area contributed by atoms with Gasteiger partial charge in [-0.2, -0.15) is 22.9 Å². The zero-order valence-corrected chi connectivity index (χ0v) is 10.7. The van der Waals surface area contributed by atoms with Gasteiger partial charge in [-0.25, -0.2) is 0 Å². The second kappa shape index (κ2) is 5.00. The van der Waals surface area contributed by atoms with Gasteiger partial charge in [0.15, 0.2) is 5.65 Å². The first-order chi connectivity index (χ1) is 10.5. The Labute approximate surface area is 121 Å². The van der Waals surface area contributed by atoms with E-state index in [0.717, 1.165) is 0 Å². The van der Waals surface area contributed by atoms with Crippen LogP contribution in [0.15, 0.2) is 36.4 Å². The van der Waals surface area contributed by atoms with Crippen LogP contribution in [-0.4, -0.2) is 19.8 Å². The minimum absolute atomic E-state index is 0.0421. The summed E-state index contributed by atoms with van der Waals surface area (Å²) in [6.07, 6.45) is -4.67. The fourth-order valence-electron chi connectivity index (χ4n) is 1.72. The Morgan fingerprint density at radius 1 is 1.05 bits per heavy atom. The number of nitrogens with zero attached hydrogens (tertiary/aromatic N) is 5. The molecule has 0 aliphatic heterocycles. The first-order valence-electron chi connectivity index (χ1n) is 5.95. The number of ether oxygens (including phenoxy) is 1. The molecule has 0 radical (unpaired) electrons. The molecule has 2 aromatic heterocycles. The van der Waals surface area contributed by atoms with E-state index in [4.69, 9.17) is 10.00 Å². The third-order valence-electron chi connectivity index (χ3n) is 2.70. The quantitative estimate of drug-likeness (QED) is 0.727. The van der Waals surface area contributed by atoms with Crippen LogP contribution >= 0.6 is 0 Å². The number of nitriles is 1. The minimum atomic E-state index is -4.67. The fourth-order valence-corrected chi connectivity index (χ4v) is 1.72. The fraction of sp³-hybridized carbons (Fsp3) is 0.0769. The van der Waals surface area contributed by atoms with Gasteiger partial charge in [-0.3, -0.25) is 0 Å². The van der Waals surface area contributed by atoms with Crippen LogP contribution in [-0.2, 0) is 6.18 Å². The third kappa shape index (κ3) is 2.54. The highest BCUT2D eigenvalue weighted by Gasteiger charge is 2.37. The van der Waals surface area contributed by atoms with Crippen molar-refractivity contribution < 1.29 is 17.9 Å². The molecule has 3 rings (SSSR count). The van der Waals surface area contributed by atoms with Crippen molar-refractivity contribution in [3.8, 4) is 17.7 Å². The van der Waals surface area contributed by atoms with E-state index in [-0.39, 0.29) is 11.5 Å². The van der Waals surface area contributed by atoms with Crippen LogP contribution in [0.3, 0.4) is 0 Å². The van der Waals surface area contributed by atoms with E-state index in [1.165, 1.54) is 36.4 Å². The van der Waals surface area contributed by atoms with E-state index in [0.29, 0.717) is 15.8 Å². The summed E-state index contributed by atoms with van der Waals surface area (Å²) in [5.74, 6) is -0.942. The molecule has 0 saturated carbocycles. The smallest absolute Gasteiger partial charge is 0.438 e. The van der Waals surface area contributed by atoms with Gasteiger partial charge in [0.2, 0.25) is 5.88 Å². The number of benzene rings is 1. The Hall–Kier alpha value is -3.15. The maximum absolute atomic E-state index is 12.8. The molecule has 3 aromatic rings. The van der Waals surface area contributed by atoms with Gasteiger partial charge in [0, 0.05) is 6.07 Å². The van der Waals surface area contributed by atoms with Crippen molar-refractivity contribution in [2.24, 2.45) is 0 Å². The molecule has 6 nitrogen and oxygen atoms in total. The van der Waals surface area contributed by atoms with Gasteiger partial charge in [-0.05, 0) is 30.3 Å². The van der Waals surface area contributed by atoms with Crippen LogP contribution in [0.1, 0.15) is 11.4 Å². The van der Waals surface area contributed by atoms with E-state index in [1.54, 1.807) is 0 Å². The molecule has 22 heavy (non-hydrogen) atoms. The van der Waals surface area contributed by atoms with Gasteiger partial charge in [-0.15, -0.1) is 15.3 Å². The Kier molecular flexibility index (Phi) is 3.14. The Bertz CT molecular complexity index is 864. The van der Waals surface area contributed by atoms with Crippen molar-refractivity contribution in [2.75, 3.05) is 0 Å². The van der Waals surface area contributed by atoms with Gasteiger partial charge >= 0.3 is 6.18 Å². The first-order valence-corrected chi connectivity index (χ1v) is 5.95. The van der Waals surface area contributed by atoms with Gasteiger partial charge in [-0.1, -0.05) is 0 Å². The Balaban J connectivity index is 1.95. The first kappa shape index (κ1) is 13.8. The van der Waals surface area contributed by atoms with Gasteiger partial charge < -0.3 is 4.74 Å². The van der Waals surface area contributed by atoms with Gasteiger partial charge in [0.25, 0.3) is 5.82 Å². The normalized spacial score (nSPS) is 11.4. The largest absolute Gasteiger partial charge is 0.453 e. The lowest BCUT2D eigenvalue weighted by molar-refractivity contribution is -0.146. The number of alkyl halides is 3. The summed E-state index contributed by atoms with van der Waals surface area (Å²) in [7, 11) is 0. The molecule has 0 N–H and O–H groups in total. The van der Waals surface area contributed by atoms with Crippen molar-refractivity contribution in [3.63, 3.8) is 0 Å². The van der Waals surface area contributed by atoms with E-state index in [9.17, 15) is 13.2 Å². The van der Waals surface area contributed by atoms with E-state index >= 15 is 0 Å². The molecular formula is C13H6F3N5O. The lowest BCUT2D eigenvalue weighted by Gasteiger charge is -2.06. The predicted molar refractivity (Wildman–Crippen MR) is 67.0 cm³/mol. The average Bonchev–Trinajstić information content (AvgIpc) is 2.91. The predicted octanol–water partition coefficient (Wildman–Crippen LogP) is 2.81. The summed E-state index contributed by atoms with van der Waals surface area (Å²) in [5.41, 5.74) is 0.397.